The summed E-state index contributed by atoms with van der Waals surface area (Å²) in [7, 11) is 1.74. The van der Waals surface area contributed by atoms with Gasteiger partial charge in [0.25, 0.3) is 5.91 Å². The molecule has 1 fully saturated rings. The van der Waals surface area contributed by atoms with Crippen LogP contribution in [0.3, 0.4) is 0 Å². The Balaban J connectivity index is 1.50. The summed E-state index contributed by atoms with van der Waals surface area (Å²) >= 11 is 0. The number of nitrogens with one attached hydrogen (secondary N) is 2. The van der Waals surface area contributed by atoms with Gasteiger partial charge in [0.05, 0.1) is 23.4 Å². The molecule has 3 N–H and O–H groups in total. The van der Waals surface area contributed by atoms with Gasteiger partial charge in [-0.3, -0.25) is 9.48 Å². The number of fused-ring (bicyclic) bond motifs is 2. The van der Waals surface area contributed by atoms with Gasteiger partial charge in [0.15, 0.2) is 5.65 Å². The monoisotopic (exact) mass is 408 g/mol. The normalized spacial score (nSPS) is 19.7. The number of rotatable bonds is 4. The SMILES string of the molecule is CC(NC(=O)c1c[nH]c2ncc(-c3nn(C)c4cc(F)ccc34)nc12)[C@H]1C[C@H](O)C1. The van der Waals surface area contributed by atoms with Crippen LogP contribution in [-0.4, -0.2) is 47.9 Å². The lowest BCUT2D eigenvalue weighted by Crippen LogP contribution is -2.45. The minimum absolute atomic E-state index is 0.0448. The molecule has 4 aromatic rings. The van der Waals surface area contributed by atoms with Gasteiger partial charge in [-0.05, 0) is 43.9 Å². The van der Waals surface area contributed by atoms with Crippen LogP contribution in [0.5, 0.6) is 0 Å². The van der Waals surface area contributed by atoms with E-state index in [1.54, 1.807) is 30.2 Å². The first kappa shape index (κ1) is 18.7. The highest BCUT2D eigenvalue weighted by atomic mass is 19.1. The van der Waals surface area contributed by atoms with Gasteiger partial charge < -0.3 is 15.4 Å². The molecule has 3 heterocycles. The van der Waals surface area contributed by atoms with E-state index in [1.165, 1.54) is 12.1 Å². The van der Waals surface area contributed by atoms with Gasteiger partial charge in [0.1, 0.15) is 22.7 Å². The summed E-state index contributed by atoms with van der Waals surface area (Å²) in [4.78, 5) is 24.9. The Hall–Kier alpha value is -3.33. The van der Waals surface area contributed by atoms with Crippen LogP contribution in [0.2, 0.25) is 0 Å². The van der Waals surface area contributed by atoms with Crippen LogP contribution >= 0.6 is 0 Å². The second-order valence-electron chi connectivity index (χ2n) is 7.94. The van der Waals surface area contributed by atoms with Gasteiger partial charge in [0, 0.05) is 24.7 Å². The summed E-state index contributed by atoms with van der Waals surface area (Å²) in [6, 6.07) is 4.42. The lowest BCUT2D eigenvalue weighted by atomic mass is 9.78. The molecule has 1 aliphatic carbocycles. The number of aliphatic hydroxyl groups excluding tert-OH is 1. The molecule has 154 valence electrons. The molecule has 0 saturated heterocycles. The van der Waals surface area contributed by atoms with Gasteiger partial charge >= 0.3 is 0 Å². The van der Waals surface area contributed by atoms with Crippen LogP contribution in [0, 0.1) is 11.7 Å². The topological polar surface area (TPSA) is 109 Å². The fourth-order valence-electron chi connectivity index (χ4n) is 4.04. The van der Waals surface area contributed by atoms with Crippen molar-refractivity contribution in [2.75, 3.05) is 0 Å². The number of halogens is 1. The van der Waals surface area contributed by atoms with Crippen molar-refractivity contribution in [1.29, 1.82) is 0 Å². The van der Waals surface area contributed by atoms with E-state index in [2.05, 4.69) is 25.4 Å². The third kappa shape index (κ3) is 3.02. The quantitative estimate of drug-likeness (QED) is 0.481. The first-order valence-corrected chi connectivity index (χ1v) is 9.86. The fourth-order valence-corrected chi connectivity index (χ4v) is 4.04. The predicted octanol–water partition coefficient (Wildman–Crippen LogP) is 2.54. The molecular weight excluding hydrogens is 387 g/mol. The smallest absolute Gasteiger partial charge is 0.255 e. The number of aliphatic hydroxyl groups is 1. The lowest BCUT2D eigenvalue weighted by molar-refractivity contribution is 0.0270. The van der Waals surface area contributed by atoms with Crippen LogP contribution in [0.1, 0.15) is 30.1 Å². The zero-order valence-corrected chi connectivity index (χ0v) is 16.6. The Morgan fingerprint density at radius 3 is 2.97 bits per heavy atom. The molecule has 0 bridgehead atoms. The van der Waals surface area contributed by atoms with Crippen LogP contribution in [-0.2, 0) is 7.05 Å². The number of hydrogen-bond donors (Lipinski definition) is 3. The minimum Gasteiger partial charge on any atom is -0.393 e. The highest BCUT2D eigenvalue weighted by Crippen LogP contribution is 2.31. The lowest BCUT2D eigenvalue weighted by Gasteiger charge is -2.36. The zero-order chi connectivity index (χ0) is 21.0. The number of amides is 1. The van der Waals surface area contributed by atoms with Gasteiger partial charge in [-0.1, -0.05) is 0 Å². The van der Waals surface area contributed by atoms with Crippen molar-refractivity contribution in [3.05, 3.63) is 42.0 Å². The number of carbonyl (C=O) groups excluding carboxylic acids is 1. The summed E-state index contributed by atoms with van der Waals surface area (Å²) in [6.07, 6.45) is 4.32. The molecule has 1 aromatic carbocycles. The van der Waals surface area contributed by atoms with Crippen molar-refractivity contribution in [1.82, 2.24) is 30.0 Å². The standard InChI is InChI=1S/C21H21FN6O2/c1-10(11-5-13(29)6-11)25-21(30)15-8-23-20-19(15)26-16(9-24-20)18-14-4-3-12(22)7-17(14)28(2)27-18/h3-4,7-11,13,29H,5-6H2,1-2H3,(H,23,24)(H,25,30)/t10?,11-,13-. The van der Waals surface area contributed by atoms with Crippen LogP contribution in [0.4, 0.5) is 4.39 Å². The van der Waals surface area contributed by atoms with Gasteiger partial charge in [-0.25, -0.2) is 14.4 Å². The van der Waals surface area contributed by atoms with Crippen molar-refractivity contribution < 1.29 is 14.3 Å². The molecule has 3 aromatic heterocycles. The Labute approximate surface area is 171 Å². The molecule has 30 heavy (non-hydrogen) atoms. The highest BCUT2D eigenvalue weighted by Gasteiger charge is 2.32. The first-order valence-electron chi connectivity index (χ1n) is 9.86. The Morgan fingerprint density at radius 2 is 2.20 bits per heavy atom. The van der Waals surface area contributed by atoms with E-state index in [0.29, 0.717) is 46.5 Å². The molecule has 1 aliphatic rings. The first-order chi connectivity index (χ1) is 14.4. The van der Waals surface area contributed by atoms with Gasteiger partial charge in [0.2, 0.25) is 0 Å². The summed E-state index contributed by atoms with van der Waals surface area (Å²) < 4.78 is 15.2. The van der Waals surface area contributed by atoms with Gasteiger partial charge in [-0.15, -0.1) is 0 Å². The van der Waals surface area contributed by atoms with Crippen molar-refractivity contribution >= 4 is 28.0 Å². The predicted molar refractivity (Wildman–Crippen MR) is 109 cm³/mol. The summed E-state index contributed by atoms with van der Waals surface area (Å²) in [5.41, 5.74) is 3.08. The summed E-state index contributed by atoms with van der Waals surface area (Å²) in [6.45, 7) is 1.94. The third-order valence-corrected chi connectivity index (χ3v) is 5.90. The number of aromatic amines is 1. The van der Waals surface area contributed by atoms with E-state index in [4.69, 9.17) is 0 Å². The molecule has 8 nitrogen and oxygen atoms in total. The van der Waals surface area contributed by atoms with Crippen LogP contribution in [0.15, 0.2) is 30.6 Å². The molecule has 0 radical (unpaired) electrons. The van der Waals surface area contributed by atoms with Crippen molar-refractivity contribution in [2.24, 2.45) is 13.0 Å². The number of H-pyrrole nitrogens is 1. The number of aryl methyl sites for hydroxylation is 1. The minimum atomic E-state index is -0.337. The maximum atomic E-state index is 13.6. The fraction of sp³-hybridized carbons (Fsp3) is 0.333. The van der Waals surface area contributed by atoms with Gasteiger partial charge in [-0.2, -0.15) is 5.10 Å². The number of benzene rings is 1. The molecule has 1 unspecified atom stereocenters. The number of hydrogen-bond acceptors (Lipinski definition) is 5. The molecular formula is C21H21FN6O2. The molecule has 1 saturated carbocycles. The van der Waals surface area contributed by atoms with E-state index in [0.717, 1.165) is 5.39 Å². The summed E-state index contributed by atoms with van der Waals surface area (Å²) in [5.74, 6) is -0.304. The average molecular weight is 408 g/mol. The Morgan fingerprint density at radius 1 is 1.40 bits per heavy atom. The van der Waals surface area contributed by atoms with Crippen molar-refractivity contribution in [3.8, 4) is 11.4 Å². The molecule has 1 amide bonds. The molecule has 1 atom stereocenters. The van der Waals surface area contributed by atoms with Crippen molar-refractivity contribution in [2.45, 2.75) is 31.9 Å². The average Bonchev–Trinajstić information content (AvgIpc) is 3.26. The second kappa shape index (κ2) is 6.88. The number of carbonyl (C=O) groups is 1. The Bertz CT molecular complexity index is 1270. The molecule has 9 heteroatoms. The van der Waals surface area contributed by atoms with E-state index in [9.17, 15) is 14.3 Å². The third-order valence-electron chi connectivity index (χ3n) is 5.90. The molecule has 0 aliphatic heterocycles. The molecule has 5 rings (SSSR count). The zero-order valence-electron chi connectivity index (χ0n) is 16.6. The molecule has 0 spiro atoms. The van der Waals surface area contributed by atoms with E-state index in [1.807, 2.05) is 6.92 Å². The number of aromatic nitrogens is 5. The summed E-state index contributed by atoms with van der Waals surface area (Å²) in [5, 5.41) is 17.7. The largest absolute Gasteiger partial charge is 0.393 e. The Kier molecular flexibility index (Phi) is 4.28. The van der Waals surface area contributed by atoms with Crippen molar-refractivity contribution in [3.63, 3.8) is 0 Å². The maximum Gasteiger partial charge on any atom is 0.255 e. The van der Waals surface area contributed by atoms with E-state index in [-0.39, 0.29) is 29.8 Å². The number of nitrogens with zero attached hydrogens (tertiary/aromatic N) is 4. The highest BCUT2D eigenvalue weighted by molar-refractivity contribution is 6.05. The second-order valence-corrected chi connectivity index (χ2v) is 7.94. The van der Waals surface area contributed by atoms with E-state index >= 15 is 0 Å². The van der Waals surface area contributed by atoms with Crippen LogP contribution in [0.25, 0.3) is 33.5 Å². The van der Waals surface area contributed by atoms with E-state index < -0.39 is 0 Å². The maximum absolute atomic E-state index is 13.6. The van der Waals surface area contributed by atoms with Crippen LogP contribution < -0.4 is 5.32 Å².